The van der Waals surface area contributed by atoms with E-state index in [1.165, 1.54) is 11.8 Å². The Hall–Kier alpha value is -4.53. The van der Waals surface area contributed by atoms with Gasteiger partial charge in [-0.25, -0.2) is 0 Å². The van der Waals surface area contributed by atoms with Crippen molar-refractivity contribution in [2.24, 2.45) is 0 Å². The van der Waals surface area contributed by atoms with Gasteiger partial charge in [0.25, 0.3) is 11.8 Å². The quantitative estimate of drug-likeness (QED) is 0.132. The third-order valence-corrected chi connectivity index (χ3v) is 7.80. The third-order valence-electron chi connectivity index (χ3n) is 6.28. The van der Waals surface area contributed by atoms with Gasteiger partial charge >= 0.3 is 0 Å². The Morgan fingerprint density at radius 1 is 0.857 bits per heavy atom. The highest BCUT2D eigenvalue weighted by Crippen LogP contribution is 2.28. The van der Waals surface area contributed by atoms with E-state index in [4.69, 9.17) is 16.3 Å². The molecule has 0 heterocycles. The Morgan fingerprint density at radius 2 is 1.55 bits per heavy atom. The Balaban J connectivity index is 1.44. The molecule has 1 unspecified atom stereocenters. The fourth-order valence-corrected chi connectivity index (χ4v) is 4.90. The number of hydrogen-bond donors (Lipinski definition) is 3. The van der Waals surface area contributed by atoms with Crippen molar-refractivity contribution in [2.45, 2.75) is 24.0 Å². The Kier molecular flexibility index (Phi) is 10.4. The molecule has 0 aliphatic carbocycles. The zero-order valence-corrected chi connectivity index (χ0v) is 24.9. The summed E-state index contributed by atoms with van der Waals surface area (Å²) in [5.41, 5.74) is 3.23. The number of ether oxygens (including phenoxy) is 1. The number of hydrogen-bond acceptors (Lipinski definition) is 5. The number of thioether (sulfide) groups is 1. The van der Waals surface area contributed by atoms with Crippen LogP contribution in [0.25, 0.3) is 6.08 Å². The number of methoxy groups -OCH3 is 1. The first-order valence-electron chi connectivity index (χ1n) is 13.1. The number of carbonyl (C=O) groups excluding carboxylic acids is 3. The summed E-state index contributed by atoms with van der Waals surface area (Å²) >= 11 is 7.56. The van der Waals surface area contributed by atoms with Gasteiger partial charge in [0, 0.05) is 26.9 Å². The second-order valence-electron chi connectivity index (χ2n) is 9.29. The summed E-state index contributed by atoms with van der Waals surface area (Å²) in [6, 6.07) is 28.3. The molecule has 7 nitrogen and oxygen atoms in total. The maximum atomic E-state index is 13.3. The van der Waals surface area contributed by atoms with E-state index in [1.807, 2.05) is 38.1 Å². The predicted molar refractivity (Wildman–Crippen MR) is 170 cm³/mol. The zero-order chi connectivity index (χ0) is 30.1. The molecule has 42 heavy (non-hydrogen) atoms. The summed E-state index contributed by atoms with van der Waals surface area (Å²) in [5, 5.41) is 8.71. The molecule has 0 fully saturated rings. The van der Waals surface area contributed by atoms with Gasteiger partial charge in [-0.05, 0) is 91.7 Å². The smallest absolute Gasteiger partial charge is 0.272 e. The van der Waals surface area contributed by atoms with Crippen LogP contribution in [0.4, 0.5) is 11.4 Å². The Bertz CT molecular complexity index is 1590. The molecule has 0 saturated carbocycles. The summed E-state index contributed by atoms with van der Waals surface area (Å²) in [5.74, 6) is -0.362. The number of anilines is 2. The molecule has 4 aromatic carbocycles. The molecule has 4 aromatic rings. The van der Waals surface area contributed by atoms with Crippen LogP contribution in [0.5, 0.6) is 5.75 Å². The maximum Gasteiger partial charge on any atom is 0.272 e. The van der Waals surface area contributed by atoms with Gasteiger partial charge in [-0.3, -0.25) is 14.4 Å². The van der Waals surface area contributed by atoms with Crippen LogP contribution in [0.2, 0.25) is 5.02 Å². The summed E-state index contributed by atoms with van der Waals surface area (Å²) in [4.78, 5) is 39.8. The summed E-state index contributed by atoms with van der Waals surface area (Å²) < 4.78 is 5.21. The molecule has 3 amide bonds. The van der Waals surface area contributed by atoms with Crippen molar-refractivity contribution in [1.29, 1.82) is 0 Å². The van der Waals surface area contributed by atoms with Gasteiger partial charge in [-0.2, -0.15) is 0 Å². The van der Waals surface area contributed by atoms with Gasteiger partial charge in [0.2, 0.25) is 5.91 Å². The van der Waals surface area contributed by atoms with E-state index in [1.54, 1.807) is 86.0 Å². The molecule has 214 valence electrons. The van der Waals surface area contributed by atoms with Gasteiger partial charge in [0.05, 0.1) is 12.4 Å². The first kappa shape index (κ1) is 30.4. The van der Waals surface area contributed by atoms with Crippen LogP contribution in [0.1, 0.15) is 28.4 Å². The predicted octanol–water partition coefficient (Wildman–Crippen LogP) is 7.19. The van der Waals surface area contributed by atoms with Crippen molar-refractivity contribution in [3.05, 3.63) is 124 Å². The van der Waals surface area contributed by atoms with Crippen molar-refractivity contribution in [3.8, 4) is 5.75 Å². The standard InChI is InChI=1S/C33H30ClN3O4S/c1-21-28(34)10-7-11-29(21)36-31(38)22(2)42-27-18-14-25(15-19-27)35-33(40)30(20-23-12-16-26(41-3)17-13-23)37-32(39)24-8-5-4-6-9-24/h4-20,22H,1-3H3,(H,35,40)(H,36,38)(H,37,39)/b30-20-. The summed E-state index contributed by atoms with van der Waals surface area (Å²) in [7, 11) is 1.57. The SMILES string of the molecule is COc1ccc(/C=C(\NC(=O)c2ccccc2)C(=O)Nc2ccc(SC(C)C(=O)Nc3cccc(Cl)c3C)cc2)cc1. The van der Waals surface area contributed by atoms with Gasteiger partial charge in [0.15, 0.2) is 0 Å². The normalized spacial score (nSPS) is 11.8. The lowest BCUT2D eigenvalue weighted by Crippen LogP contribution is -2.30. The van der Waals surface area contributed by atoms with Crippen molar-refractivity contribution in [3.63, 3.8) is 0 Å². The summed E-state index contributed by atoms with van der Waals surface area (Å²) in [6.07, 6.45) is 1.60. The van der Waals surface area contributed by atoms with Gasteiger partial charge in [-0.1, -0.05) is 48.0 Å². The monoisotopic (exact) mass is 599 g/mol. The molecule has 3 N–H and O–H groups in total. The largest absolute Gasteiger partial charge is 0.497 e. The summed E-state index contributed by atoms with van der Waals surface area (Å²) in [6.45, 7) is 3.68. The van der Waals surface area contributed by atoms with Crippen LogP contribution >= 0.6 is 23.4 Å². The van der Waals surface area contributed by atoms with Crippen molar-refractivity contribution >= 4 is 58.5 Å². The molecule has 0 radical (unpaired) electrons. The third kappa shape index (κ3) is 8.25. The average molecular weight is 600 g/mol. The minimum absolute atomic E-state index is 0.0778. The second kappa shape index (κ2) is 14.4. The van der Waals surface area contributed by atoms with Crippen LogP contribution in [0.3, 0.4) is 0 Å². The number of amides is 3. The van der Waals surface area contributed by atoms with Crippen LogP contribution < -0.4 is 20.7 Å². The van der Waals surface area contributed by atoms with E-state index >= 15 is 0 Å². The first-order chi connectivity index (χ1) is 20.2. The molecule has 1 atom stereocenters. The molecule has 9 heteroatoms. The zero-order valence-electron chi connectivity index (χ0n) is 23.3. The highest BCUT2D eigenvalue weighted by molar-refractivity contribution is 8.00. The number of benzene rings is 4. The minimum Gasteiger partial charge on any atom is -0.497 e. The van der Waals surface area contributed by atoms with Crippen molar-refractivity contribution in [1.82, 2.24) is 5.32 Å². The van der Waals surface area contributed by atoms with Gasteiger partial charge in [0.1, 0.15) is 11.4 Å². The molecule has 0 spiro atoms. The topological polar surface area (TPSA) is 96.5 Å². The number of carbonyl (C=O) groups is 3. The molecule has 4 rings (SSSR count). The van der Waals surface area contributed by atoms with E-state index in [0.717, 1.165) is 10.5 Å². The molecule has 0 aromatic heterocycles. The van der Waals surface area contributed by atoms with Gasteiger partial charge in [-0.15, -0.1) is 11.8 Å². The van der Waals surface area contributed by atoms with E-state index < -0.39 is 11.8 Å². The lowest BCUT2D eigenvalue weighted by molar-refractivity contribution is -0.115. The number of nitrogens with one attached hydrogen (secondary N) is 3. The first-order valence-corrected chi connectivity index (χ1v) is 14.4. The van der Waals surface area contributed by atoms with Crippen LogP contribution in [0.15, 0.2) is 108 Å². The Morgan fingerprint density at radius 3 is 2.21 bits per heavy atom. The number of rotatable bonds is 10. The lowest BCUT2D eigenvalue weighted by atomic mass is 10.1. The van der Waals surface area contributed by atoms with E-state index in [9.17, 15) is 14.4 Å². The fourth-order valence-electron chi connectivity index (χ4n) is 3.86. The molecule has 0 saturated heterocycles. The van der Waals surface area contributed by atoms with E-state index in [2.05, 4.69) is 16.0 Å². The highest BCUT2D eigenvalue weighted by atomic mass is 35.5. The lowest BCUT2D eigenvalue weighted by Gasteiger charge is -2.15. The molecular weight excluding hydrogens is 570 g/mol. The fraction of sp³-hybridized carbons (Fsp3) is 0.121. The molecular formula is C33H30ClN3O4S. The molecule has 0 aliphatic rings. The average Bonchev–Trinajstić information content (AvgIpc) is 3.00. The molecule has 0 aliphatic heterocycles. The van der Waals surface area contributed by atoms with Crippen LogP contribution in [0, 0.1) is 6.92 Å². The highest BCUT2D eigenvalue weighted by Gasteiger charge is 2.18. The Labute approximate surface area is 254 Å². The van der Waals surface area contributed by atoms with E-state index in [0.29, 0.717) is 33.3 Å². The maximum absolute atomic E-state index is 13.3. The van der Waals surface area contributed by atoms with Crippen molar-refractivity contribution in [2.75, 3.05) is 17.7 Å². The van der Waals surface area contributed by atoms with Crippen LogP contribution in [-0.2, 0) is 9.59 Å². The van der Waals surface area contributed by atoms with E-state index in [-0.39, 0.29) is 16.9 Å². The van der Waals surface area contributed by atoms with Crippen LogP contribution in [-0.4, -0.2) is 30.1 Å². The van der Waals surface area contributed by atoms with Crippen molar-refractivity contribution < 1.29 is 19.1 Å². The number of halogens is 1. The minimum atomic E-state index is -0.486. The van der Waals surface area contributed by atoms with Gasteiger partial charge < -0.3 is 20.7 Å². The molecule has 0 bridgehead atoms. The second-order valence-corrected chi connectivity index (χ2v) is 11.1.